The second kappa shape index (κ2) is 5.47. The van der Waals surface area contributed by atoms with E-state index in [0.29, 0.717) is 6.54 Å². The largest absolute Gasteiger partial charge is 0.467 e. The zero-order chi connectivity index (χ0) is 12.3. The molecule has 0 fully saturated rings. The Kier molecular flexibility index (Phi) is 3.97. The van der Waals surface area contributed by atoms with Crippen LogP contribution in [0.5, 0.6) is 0 Å². The van der Waals surface area contributed by atoms with Gasteiger partial charge in [-0.05, 0) is 46.6 Å². The van der Waals surface area contributed by atoms with Gasteiger partial charge in [0.05, 0.1) is 17.3 Å². The molecule has 1 heterocycles. The molecule has 0 amide bonds. The lowest BCUT2D eigenvalue weighted by molar-refractivity contribution is 0.458. The molecule has 2 aromatic rings. The number of hydrogen-bond donors (Lipinski definition) is 1. The summed E-state index contributed by atoms with van der Waals surface area (Å²) in [6.45, 7) is 2.59. The number of benzene rings is 1. The second-order valence-electron chi connectivity index (χ2n) is 3.85. The van der Waals surface area contributed by atoms with E-state index in [-0.39, 0.29) is 11.9 Å². The molecule has 4 heteroatoms. The minimum absolute atomic E-state index is 0.0719. The van der Waals surface area contributed by atoms with Crippen molar-refractivity contribution in [1.82, 2.24) is 5.32 Å². The van der Waals surface area contributed by atoms with Gasteiger partial charge in [-0.1, -0.05) is 12.1 Å². The monoisotopic (exact) mass is 297 g/mol. The minimum Gasteiger partial charge on any atom is -0.467 e. The molecule has 1 aromatic heterocycles. The van der Waals surface area contributed by atoms with Gasteiger partial charge in [0.1, 0.15) is 11.6 Å². The quantitative estimate of drug-likeness (QED) is 0.922. The summed E-state index contributed by atoms with van der Waals surface area (Å²) in [5.74, 6) is 0.628. The van der Waals surface area contributed by atoms with Crippen LogP contribution in [0.1, 0.15) is 24.3 Å². The van der Waals surface area contributed by atoms with Crippen molar-refractivity contribution in [3.05, 3.63) is 58.2 Å². The number of furan rings is 1. The molecule has 0 bridgehead atoms. The van der Waals surface area contributed by atoms with Crippen molar-refractivity contribution in [1.29, 1.82) is 0 Å². The summed E-state index contributed by atoms with van der Waals surface area (Å²) in [7, 11) is 0. The second-order valence-corrected chi connectivity index (χ2v) is 4.70. The topological polar surface area (TPSA) is 25.2 Å². The molecule has 1 aromatic carbocycles. The van der Waals surface area contributed by atoms with Gasteiger partial charge in [0.2, 0.25) is 0 Å². The van der Waals surface area contributed by atoms with E-state index in [4.69, 9.17) is 4.42 Å². The standard InChI is InChI=1S/C13H13BrFNO/c1-9(10-3-2-4-11(15)7-10)16-8-13-12(14)5-6-17-13/h2-7,9,16H,8H2,1H3/t9-/m1/s1. The molecule has 0 radical (unpaired) electrons. The molecule has 0 spiro atoms. The van der Waals surface area contributed by atoms with E-state index in [1.807, 2.05) is 19.1 Å². The van der Waals surface area contributed by atoms with E-state index in [0.717, 1.165) is 15.8 Å². The molecule has 0 saturated carbocycles. The maximum atomic E-state index is 13.1. The average Bonchev–Trinajstić information content (AvgIpc) is 2.72. The highest BCUT2D eigenvalue weighted by molar-refractivity contribution is 9.10. The normalized spacial score (nSPS) is 12.6. The van der Waals surface area contributed by atoms with Crippen LogP contribution >= 0.6 is 15.9 Å². The number of nitrogens with one attached hydrogen (secondary N) is 1. The van der Waals surface area contributed by atoms with Gasteiger partial charge >= 0.3 is 0 Å². The summed E-state index contributed by atoms with van der Waals surface area (Å²) in [6.07, 6.45) is 1.63. The van der Waals surface area contributed by atoms with Crippen molar-refractivity contribution >= 4 is 15.9 Å². The van der Waals surface area contributed by atoms with E-state index in [2.05, 4.69) is 21.2 Å². The first-order valence-electron chi connectivity index (χ1n) is 5.37. The van der Waals surface area contributed by atoms with Crippen molar-refractivity contribution < 1.29 is 8.81 Å². The van der Waals surface area contributed by atoms with Gasteiger partial charge in [-0.2, -0.15) is 0 Å². The third kappa shape index (κ3) is 3.17. The summed E-state index contributed by atoms with van der Waals surface area (Å²) in [4.78, 5) is 0. The van der Waals surface area contributed by atoms with Crippen LogP contribution in [0.25, 0.3) is 0 Å². The van der Waals surface area contributed by atoms with Gasteiger partial charge in [-0.3, -0.25) is 0 Å². The smallest absolute Gasteiger partial charge is 0.131 e. The van der Waals surface area contributed by atoms with E-state index < -0.39 is 0 Å². The van der Waals surface area contributed by atoms with Gasteiger partial charge < -0.3 is 9.73 Å². The Morgan fingerprint density at radius 1 is 1.41 bits per heavy atom. The average molecular weight is 298 g/mol. The molecule has 0 aliphatic carbocycles. The fourth-order valence-electron chi connectivity index (χ4n) is 1.59. The fraction of sp³-hybridized carbons (Fsp3) is 0.231. The van der Waals surface area contributed by atoms with Crippen molar-refractivity contribution in [2.75, 3.05) is 0 Å². The van der Waals surface area contributed by atoms with Crippen LogP contribution in [0, 0.1) is 5.82 Å². The molecule has 0 aliphatic rings. The summed E-state index contributed by atoms with van der Waals surface area (Å²) >= 11 is 3.39. The number of halogens is 2. The first kappa shape index (κ1) is 12.3. The third-order valence-electron chi connectivity index (χ3n) is 2.61. The van der Waals surface area contributed by atoms with Crippen LogP contribution in [0.15, 0.2) is 45.5 Å². The molecular weight excluding hydrogens is 285 g/mol. The van der Waals surface area contributed by atoms with Crippen LogP contribution in [-0.4, -0.2) is 0 Å². The molecule has 0 saturated heterocycles. The van der Waals surface area contributed by atoms with Crippen LogP contribution in [0.2, 0.25) is 0 Å². The minimum atomic E-state index is -0.213. The van der Waals surface area contributed by atoms with Gasteiger partial charge in [0.25, 0.3) is 0 Å². The fourth-order valence-corrected chi connectivity index (χ4v) is 1.93. The SMILES string of the molecule is C[C@@H](NCc1occc1Br)c1cccc(F)c1. The molecule has 1 N–H and O–H groups in total. The van der Waals surface area contributed by atoms with Crippen LogP contribution in [-0.2, 0) is 6.54 Å². The maximum Gasteiger partial charge on any atom is 0.131 e. The lowest BCUT2D eigenvalue weighted by Gasteiger charge is -2.13. The zero-order valence-electron chi connectivity index (χ0n) is 9.41. The summed E-state index contributed by atoms with van der Waals surface area (Å²) in [6, 6.07) is 8.52. The van der Waals surface area contributed by atoms with Gasteiger partial charge in [-0.15, -0.1) is 0 Å². The Morgan fingerprint density at radius 2 is 2.24 bits per heavy atom. The molecule has 1 atom stereocenters. The predicted molar refractivity (Wildman–Crippen MR) is 68.1 cm³/mol. The summed E-state index contributed by atoms with van der Waals surface area (Å²) in [5.41, 5.74) is 0.924. The third-order valence-corrected chi connectivity index (χ3v) is 3.32. The van der Waals surface area contributed by atoms with E-state index >= 15 is 0 Å². The molecule has 17 heavy (non-hydrogen) atoms. The van der Waals surface area contributed by atoms with Gasteiger partial charge in [0.15, 0.2) is 0 Å². The maximum absolute atomic E-state index is 13.1. The molecule has 0 aliphatic heterocycles. The Bertz CT molecular complexity index is 498. The molecule has 2 rings (SSSR count). The highest BCUT2D eigenvalue weighted by Gasteiger charge is 2.08. The van der Waals surface area contributed by atoms with Crippen molar-refractivity contribution in [2.45, 2.75) is 19.5 Å². The van der Waals surface area contributed by atoms with Crippen LogP contribution in [0.3, 0.4) is 0 Å². The van der Waals surface area contributed by atoms with Gasteiger partial charge in [-0.25, -0.2) is 4.39 Å². The van der Waals surface area contributed by atoms with Crippen molar-refractivity contribution in [3.63, 3.8) is 0 Å². The Morgan fingerprint density at radius 3 is 2.88 bits per heavy atom. The lowest BCUT2D eigenvalue weighted by atomic mass is 10.1. The molecule has 2 nitrogen and oxygen atoms in total. The predicted octanol–water partition coefficient (Wildman–Crippen LogP) is 4.03. The van der Waals surface area contributed by atoms with Crippen LogP contribution in [0.4, 0.5) is 4.39 Å². The Hall–Kier alpha value is -1.13. The summed E-state index contributed by atoms with van der Waals surface area (Å²) < 4.78 is 19.3. The van der Waals surface area contributed by atoms with Crippen LogP contribution < -0.4 is 5.32 Å². The van der Waals surface area contributed by atoms with Gasteiger partial charge in [0, 0.05) is 6.04 Å². The summed E-state index contributed by atoms with van der Waals surface area (Å²) in [5, 5.41) is 3.28. The lowest BCUT2D eigenvalue weighted by Crippen LogP contribution is -2.18. The van der Waals surface area contributed by atoms with E-state index in [1.165, 1.54) is 12.1 Å². The molecular formula is C13H13BrFNO. The highest BCUT2D eigenvalue weighted by Crippen LogP contribution is 2.19. The van der Waals surface area contributed by atoms with E-state index in [9.17, 15) is 4.39 Å². The Labute approximate surface area is 108 Å². The first-order chi connectivity index (χ1) is 8.16. The number of rotatable bonds is 4. The zero-order valence-corrected chi connectivity index (χ0v) is 11.0. The molecule has 90 valence electrons. The van der Waals surface area contributed by atoms with E-state index in [1.54, 1.807) is 12.3 Å². The first-order valence-corrected chi connectivity index (χ1v) is 6.17. The highest BCUT2D eigenvalue weighted by atomic mass is 79.9. The van der Waals surface area contributed by atoms with Crippen molar-refractivity contribution in [3.8, 4) is 0 Å². The number of hydrogen-bond acceptors (Lipinski definition) is 2. The molecule has 0 unspecified atom stereocenters. The van der Waals surface area contributed by atoms with Crippen molar-refractivity contribution in [2.24, 2.45) is 0 Å². The Balaban J connectivity index is 1.98.